The highest BCUT2D eigenvalue weighted by molar-refractivity contribution is 4.83. The van der Waals surface area contributed by atoms with Gasteiger partial charge in [-0.1, -0.05) is 0 Å². The van der Waals surface area contributed by atoms with Gasteiger partial charge in [0.15, 0.2) is 0 Å². The van der Waals surface area contributed by atoms with E-state index < -0.39 is 0 Å². The minimum atomic E-state index is 0.413. The van der Waals surface area contributed by atoms with Gasteiger partial charge in [0.2, 0.25) is 0 Å². The predicted octanol–water partition coefficient (Wildman–Crippen LogP) is 1.22. The van der Waals surface area contributed by atoms with Gasteiger partial charge in [-0.25, -0.2) is 0 Å². The topological polar surface area (TPSA) is 38.5 Å². The van der Waals surface area contributed by atoms with Crippen molar-refractivity contribution in [3.05, 3.63) is 0 Å². The van der Waals surface area contributed by atoms with Crippen molar-refractivity contribution in [1.29, 1.82) is 0 Å². The van der Waals surface area contributed by atoms with Gasteiger partial charge < -0.3 is 10.5 Å². The van der Waals surface area contributed by atoms with E-state index in [0.717, 1.165) is 32.4 Å². The number of likely N-dealkylation sites (tertiary alicyclic amines) is 1. The van der Waals surface area contributed by atoms with Crippen molar-refractivity contribution in [2.75, 3.05) is 20.3 Å². The molecular weight excluding hydrogens is 176 g/mol. The Labute approximate surface area is 87.6 Å². The van der Waals surface area contributed by atoms with Crippen LogP contribution in [0.25, 0.3) is 0 Å². The fourth-order valence-corrected chi connectivity index (χ4v) is 2.34. The molecule has 2 N–H and O–H groups in total. The van der Waals surface area contributed by atoms with Crippen molar-refractivity contribution < 1.29 is 4.74 Å². The highest BCUT2D eigenvalue weighted by Crippen LogP contribution is 2.19. The van der Waals surface area contributed by atoms with E-state index in [0.29, 0.717) is 18.1 Å². The van der Waals surface area contributed by atoms with E-state index in [1.54, 1.807) is 7.11 Å². The quantitative estimate of drug-likeness (QED) is 0.741. The average molecular weight is 200 g/mol. The second-order valence-corrected chi connectivity index (χ2v) is 4.50. The number of nitrogens with two attached hydrogens (primary N) is 1. The zero-order valence-electron chi connectivity index (χ0n) is 9.70. The largest absolute Gasteiger partial charge is 0.385 e. The third-order valence-corrected chi connectivity index (χ3v) is 3.27. The van der Waals surface area contributed by atoms with Crippen LogP contribution in [0.2, 0.25) is 0 Å². The van der Waals surface area contributed by atoms with E-state index in [4.69, 9.17) is 10.5 Å². The summed E-state index contributed by atoms with van der Waals surface area (Å²) in [6.45, 7) is 6.57. The zero-order valence-corrected chi connectivity index (χ0v) is 9.70. The van der Waals surface area contributed by atoms with Gasteiger partial charge in [-0.05, 0) is 33.1 Å². The molecule has 3 unspecified atom stereocenters. The van der Waals surface area contributed by atoms with Crippen molar-refractivity contribution >= 4 is 0 Å². The lowest BCUT2D eigenvalue weighted by Gasteiger charge is -2.40. The van der Waals surface area contributed by atoms with Crippen molar-refractivity contribution in [1.82, 2.24) is 4.90 Å². The Morgan fingerprint density at radius 1 is 1.57 bits per heavy atom. The van der Waals surface area contributed by atoms with E-state index >= 15 is 0 Å². The summed E-state index contributed by atoms with van der Waals surface area (Å²) in [6.07, 6.45) is 3.40. The van der Waals surface area contributed by atoms with Gasteiger partial charge in [0.25, 0.3) is 0 Å². The monoisotopic (exact) mass is 200 g/mol. The smallest absolute Gasteiger partial charge is 0.0477 e. The summed E-state index contributed by atoms with van der Waals surface area (Å²) in [5.74, 6) is 0. The molecule has 1 saturated heterocycles. The molecule has 3 heteroatoms. The fraction of sp³-hybridized carbons (Fsp3) is 1.00. The summed E-state index contributed by atoms with van der Waals surface area (Å²) in [5.41, 5.74) is 5.94. The van der Waals surface area contributed by atoms with Gasteiger partial charge >= 0.3 is 0 Å². The fourth-order valence-electron chi connectivity index (χ4n) is 2.34. The van der Waals surface area contributed by atoms with Crippen LogP contribution in [0.1, 0.15) is 33.1 Å². The Balaban J connectivity index is 2.35. The van der Waals surface area contributed by atoms with Gasteiger partial charge in [0, 0.05) is 38.4 Å². The lowest BCUT2D eigenvalue weighted by Crippen LogP contribution is -2.49. The molecule has 1 aliphatic heterocycles. The van der Waals surface area contributed by atoms with Crippen LogP contribution in [0.4, 0.5) is 0 Å². The van der Waals surface area contributed by atoms with Gasteiger partial charge in [0.1, 0.15) is 0 Å². The summed E-state index contributed by atoms with van der Waals surface area (Å²) >= 11 is 0. The van der Waals surface area contributed by atoms with Crippen LogP contribution in [0.5, 0.6) is 0 Å². The van der Waals surface area contributed by atoms with E-state index in [9.17, 15) is 0 Å². The summed E-state index contributed by atoms with van der Waals surface area (Å²) in [5, 5.41) is 0. The van der Waals surface area contributed by atoms with E-state index in [2.05, 4.69) is 18.7 Å². The van der Waals surface area contributed by atoms with Crippen LogP contribution < -0.4 is 5.73 Å². The Bertz CT molecular complexity index is 163. The second kappa shape index (κ2) is 5.69. The highest BCUT2D eigenvalue weighted by atomic mass is 16.5. The van der Waals surface area contributed by atoms with Crippen LogP contribution in [0.3, 0.4) is 0 Å². The molecule has 0 aliphatic carbocycles. The molecule has 0 radical (unpaired) electrons. The second-order valence-electron chi connectivity index (χ2n) is 4.50. The Hall–Kier alpha value is -0.120. The first kappa shape index (κ1) is 12.0. The molecule has 1 heterocycles. The van der Waals surface area contributed by atoms with Crippen LogP contribution in [0.15, 0.2) is 0 Å². The first-order valence-corrected chi connectivity index (χ1v) is 5.65. The van der Waals surface area contributed by atoms with E-state index in [1.807, 2.05) is 0 Å². The van der Waals surface area contributed by atoms with Gasteiger partial charge in [-0.15, -0.1) is 0 Å². The minimum Gasteiger partial charge on any atom is -0.385 e. The Kier molecular flexibility index (Phi) is 4.85. The lowest BCUT2D eigenvalue weighted by atomic mass is 9.97. The average Bonchev–Trinajstić information content (AvgIpc) is 2.14. The molecule has 0 bridgehead atoms. The summed E-state index contributed by atoms with van der Waals surface area (Å²) < 4.78 is 5.11. The minimum absolute atomic E-state index is 0.413. The zero-order chi connectivity index (χ0) is 10.6. The van der Waals surface area contributed by atoms with Gasteiger partial charge in [-0.2, -0.15) is 0 Å². The molecule has 0 spiro atoms. The van der Waals surface area contributed by atoms with E-state index in [-0.39, 0.29) is 0 Å². The summed E-state index contributed by atoms with van der Waals surface area (Å²) in [6, 6.07) is 1.67. The van der Waals surface area contributed by atoms with Crippen molar-refractivity contribution in [2.45, 2.75) is 51.2 Å². The summed E-state index contributed by atoms with van der Waals surface area (Å²) in [7, 11) is 1.77. The molecule has 3 atom stereocenters. The predicted molar refractivity (Wildman–Crippen MR) is 59.3 cm³/mol. The number of methoxy groups -OCH3 is 1. The van der Waals surface area contributed by atoms with Crippen molar-refractivity contribution in [2.24, 2.45) is 5.73 Å². The van der Waals surface area contributed by atoms with Gasteiger partial charge in [0.05, 0.1) is 0 Å². The molecule has 1 rings (SSSR count). The van der Waals surface area contributed by atoms with Crippen molar-refractivity contribution in [3.63, 3.8) is 0 Å². The molecule has 14 heavy (non-hydrogen) atoms. The maximum atomic E-state index is 5.94. The Morgan fingerprint density at radius 3 is 2.86 bits per heavy atom. The standard InChI is InChI=1S/C11H24N2O/c1-9(5-7-14-3)13-6-4-11(12)8-10(13)2/h9-11H,4-8,12H2,1-3H3. The maximum absolute atomic E-state index is 5.94. The molecule has 1 fully saturated rings. The number of ether oxygens (including phenoxy) is 1. The molecule has 0 aromatic carbocycles. The van der Waals surface area contributed by atoms with Crippen LogP contribution in [-0.4, -0.2) is 43.3 Å². The molecule has 84 valence electrons. The van der Waals surface area contributed by atoms with Gasteiger partial charge in [-0.3, -0.25) is 4.90 Å². The molecule has 1 aliphatic rings. The number of hydrogen-bond donors (Lipinski definition) is 1. The molecular formula is C11H24N2O. The molecule has 0 aromatic heterocycles. The number of piperidine rings is 1. The summed E-state index contributed by atoms with van der Waals surface area (Å²) in [4.78, 5) is 2.56. The van der Waals surface area contributed by atoms with E-state index in [1.165, 1.54) is 0 Å². The highest BCUT2D eigenvalue weighted by Gasteiger charge is 2.26. The molecule has 0 saturated carbocycles. The first-order chi connectivity index (χ1) is 6.65. The number of rotatable bonds is 4. The third kappa shape index (κ3) is 3.23. The van der Waals surface area contributed by atoms with Crippen LogP contribution >= 0.6 is 0 Å². The Morgan fingerprint density at radius 2 is 2.29 bits per heavy atom. The molecule has 0 amide bonds. The lowest BCUT2D eigenvalue weighted by molar-refractivity contribution is 0.0795. The molecule has 3 nitrogen and oxygen atoms in total. The van der Waals surface area contributed by atoms with Crippen LogP contribution in [0, 0.1) is 0 Å². The SMILES string of the molecule is COCCC(C)N1CCC(N)CC1C. The van der Waals surface area contributed by atoms with Crippen molar-refractivity contribution in [3.8, 4) is 0 Å². The molecule has 0 aromatic rings. The number of hydrogen-bond acceptors (Lipinski definition) is 3. The maximum Gasteiger partial charge on any atom is 0.0477 e. The van der Waals surface area contributed by atoms with Crippen LogP contribution in [-0.2, 0) is 4.74 Å². The normalized spacial score (nSPS) is 31.7. The number of nitrogens with zero attached hydrogens (tertiary/aromatic N) is 1. The third-order valence-electron chi connectivity index (χ3n) is 3.27. The first-order valence-electron chi connectivity index (χ1n) is 5.65.